The normalized spacial score (nSPS) is 13.5. The minimum atomic E-state index is -0.863. The third kappa shape index (κ3) is 5.79. The van der Waals surface area contributed by atoms with E-state index in [0.29, 0.717) is 27.2 Å². The largest absolute Gasteiger partial charge is 0.454 e. The summed E-state index contributed by atoms with van der Waals surface area (Å²) in [6.07, 6.45) is 0.0697. The molecule has 2 unspecified atom stereocenters. The molecule has 0 radical (unpaired) electrons. The van der Waals surface area contributed by atoms with Gasteiger partial charge in [-0.1, -0.05) is 72.0 Å². The van der Waals surface area contributed by atoms with Gasteiger partial charge >= 0.3 is 0 Å². The second-order valence-electron chi connectivity index (χ2n) is 8.67. The standard InChI is InChI=1S/C28H25ClN4O4S/c1-18(19-8-4-2-5-9-19)33(27(35)25(29)20-10-6-3-7-11-20)15-14-24(34)30-28-32-31-26(38-28)21-12-13-22-23(16-21)37-17-36-22/h2-13,16,18,25H,14-15,17H2,1H3,(H,30,32,34). The Kier molecular flexibility index (Phi) is 7.86. The quantitative estimate of drug-likeness (QED) is 0.264. The van der Waals surface area contributed by atoms with E-state index in [-0.39, 0.29) is 37.6 Å². The number of ether oxygens (including phenoxy) is 2. The Morgan fingerprint density at radius 3 is 2.39 bits per heavy atom. The van der Waals surface area contributed by atoms with Crippen LogP contribution < -0.4 is 14.8 Å². The number of alkyl halides is 1. The van der Waals surface area contributed by atoms with Gasteiger partial charge in [-0.3, -0.25) is 9.59 Å². The number of rotatable bonds is 9. The van der Waals surface area contributed by atoms with Gasteiger partial charge in [-0.15, -0.1) is 21.8 Å². The molecule has 1 aromatic heterocycles. The first kappa shape index (κ1) is 25.7. The predicted molar refractivity (Wildman–Crippen MR) is 146 cm³/mol. The van der Waals surface area contributed by atoms with Crippen molar-refractivity contribution in [3.63, 3.8) is 0 Å². The highest BCUT2D eigenvalue weighted by molar-refractivity contribution is 7.18. The fourth-order valence-corrected chi connectivity index (χ4v) is 5.17. The van der Waals surface area contributed by atoms with Crippen molar-refractivity contribution < 1.29 is 19.1 Å². The summed E-state index contributed by atoms with van der Waals surface area (Å²) in [6, 6.07) is 24.1. The molecule has 1 aliphatic heterocycles. The van der Waals surface area contributed by atoms with Crippen LogP contribution in [0, 0.1) is 0 Å². The lowest BCUT2D eigenvalue weighted by molar-refractivity contribution is -0.133. The third-order valence-electron chi connectivity index (χ3n) is 6.21. The number of aromatic nitrogens is 2. The van der Waals surface area contributed by atoms with E-state index in [1.165, 1.54) is 11.3 Å². The molecule has 194 valence electrons. The van der Waals surface area contributed by atoms with Crippen LogP contribution in [0.25, 0.3) is 10.6 Å². The van der Waals surface area contributed by atoms with E-state index in [1.807, 2.05) is 85.8 Å². The summed E-state index contributed by atoms with van der Waals surface area (Å²) >= 11 is 7.85. The summed E-state index contributed by atoms with van der Waals surface area (Å²) in [4.78, 5) is 28.0. The molecule has 0 saturated heterocycles. The van der Waals surface area contributed by atoms with Gasteiger partial charge < -0.3 is 19.7 Å². The lowest BCUT2D eigenvalue weighted by Crippen LogP contribution is -2.38. The number of anilines is 1. The maximum atomic E-state index is 13.5. The molecule has 0 aliphatic carbocycles. The summed E-state index contributed by atoms with van der Waals surface area (Å²) in [5.41, 5.74) is 2.48. The van der Waals surface area contributed by atoms with Crippen LogP contribution in [0.5, 0.6) is 11.5 Å². The first-order chi connectivity index (χ1) is 18.5. The zero-order valence-electron chi connectivity index (χ0n) is 20.5. The lowest BCUT2D eigenvalue weighted by atomic mass is 10.0. The van der Waals surface area contributed by atoms with Gasteiger partial charge in [-0.2, -0.15) is 0 Å². The van der Waals surface area contributed by atoms with Crippen LogP contribution in [0.3, 0.4) is 0 Å². The number of nitrogens with one attached hydrogen (secondary N) is 1. The number of nitrogens with zero attached hydrogens (tertiary/aromatic N) is 3. The van der Waals surface area contributed by atoms with E-state index in [4.69, 9.17) is 21.1 Å². The van der Waals surface area contributed by atoms with Crippen molar-refractivity contribution in [2.24, 2.45) is 0 Å². The highest BCUT2D eigenvalue weighted by Crippen LogP contribution is 2.37. The first-order valence-corrected chi connectivity index (χ1v) is 13.3. The Balaban J connectivity index is 1.26. The summed E-state index contributed by atoms with van der Waals surface area (Å²) in [5.74, 6) is 0.793. The number of carbonyl (C=O) groups is 2. The molecule has 1 aliphatic rings. The molecule has 3 aromatic carbocycles. The molecule has 0 bridgehead atoms. The van der Waals surface area contributed by atoms with Crippen molar-refractivity contribution in [1.29, 1.82) is 0 Å². The van der Waals surface area contributed by atoms with Crippen LogP contribution in [-0.2, 0) is 9.59 Å². The fourth-order valence-electron chi connectivity index (χ4n) is 4.14. The Hall–Kier alpha value is -3.95. The van der Waals surface area contributed by atoms with Crippen LogP contribution >= 0.6 is 22.9 Å². The molecule has 0 fully saturated rings. The number of hydrogen-bond donors (Lipinski definition) is 1. The molecule has 2 amide bonds. The van der Waals surface area contributed by atoms with E-state index in [2.05, 4.69) is 15.5 Å². The first-order valence-electron chi connectivity index (χ1n) is 12.1. The number of benzene rings is 3. The average molecular weight is 549 g/mol. The van der Waals surface area contributed by atoms with Gasteiger partial charge in [0, 0.05) is 18.5 Å². The van der Waals surface area contributed by atoms with E-state index in [9.17, 15) is 9.59 Å². The second-order valence-corrected chi connectivity index (χ2v) is 10.1. The number of halogens is 1. The van der Waals surface area contributed by atoms with Gasteiger partial charge in [0.2, 0.25) is 23.7 Å². The van der Waals surface area contributed by atoms with Crippen LogP contribution in [0.4, 0.5) is 5.13 Å². The molecule has 0 saturated carbocycles. The van der Waals surface area contributed by atoms with Crippen molar-refractivity contribution in [2.75, 3.05) is 18.7 Å². The predicted octanol–water partition coefficient (Wildman–Crippen LogP) is 5.83. The third-order valence-corrected chi connectivity index (χ3v) is 7.54. The van der Waals surface area contributed by atoms with E-state index in [0.717, 1.165) is 11.1 Å². The Bertz CT molecular complexity index is 1420. The van der Waals surface area contributed by atoms with Crippen molar-refractivity contribution >= 4 is 39.9 Å². The topological polar surface area (TPSA) is 93.7 Å². The molecular formula is C28H25ClN4O4S. The number of carbonyl (C=O) groups excluding carboxylic acids is 2. The fraction of sp³-hybridized carbons (Fsp3) is 0.214. The maximum absolute atomic E-state index is 13.5. The van der Waals surface area contributed by atoms with Crippen molar-refractivity contribution in [1.82, 2.24) is 15.1 Å². The highest BCUT2D eigenvalue weighted by Gasteiger charge is 2.29. The Morgan fingerprint density at radius 2 is 1.66 bits per heavy atom. The zero-order chi connectivity index (χ0) is 26.5. The SMILES string of the molecule is CC(c1ccccc1)N(CCC(=O)Nc1nnc(-c2ccc3c(c2)OCO3)s1)C(=O)C(Cl)c1ccccc1. The van der Waals surface area contributed by atoms with Crippen LogP contribution in [0.1, 0.15) is 35.9 Å². The lowest BCUT2D eigenvalue weighted by Gasteiger charge is -2.31. The van der Waals surface area contributed by atoms with Crippen LogP contribution in [0.15, 0.2) is 78.9 Å². The van der Waals surface area contributed by atoms with Gasteiger partial charge in [0.1, 0.15) is 10.4 Å². The highest BCUT2D eigenvalue weighted by atomic mass is 35.5. The summed E-state index contributed by atoms with van der Waals surface area (Å²) < 4.78 is 10.8. The van der Waals surface area contributed by atoms with Gasteiger partial charge in [0.15, 0.2) is 11.5 Å². The summed E-state index contributed by atoms with van der Waals surface area (Å²) in [5, 5.41) is 11.2. The summed E-state index contributed by atoms with van der Waals surface area (Å²) in [6.45, 7) is 2.31. The minimum absolute atomic E-state index is 0.0697. The number of amides is 2. The van der Waals surface area contributed by atoms with E-state index in [1.54, 1.807) is 4.90 Å². The van der Waals surface area contributed by atoms with Gasteiger partial charge in [-0.25, -0.2) is 0 Å². The Morgan fingerprint density at radius 1 is 0.974 bits per heavy atom. The second kappa shape index (κ2) is 11.6. The minimum Gasteiger partial charge on any atom is -0.454 e. The van der Waals surface area contributed by atoms with Gasteiger partial charge in [0.05, 0.1) is 6.04 Å². The average Bonchev–Trinajstić information content (AvgIpc) is 3.62. The molecule has 1 N–H and O–H groups in total. The number of fused-ring (bicyclic) bond motifs is 1. The van der Waals surface area contributed by atoms with Crippen molar-refractivity contribution in [3.05, 3.63) is 90.0 Å². The van der Waals surface area contributed by atoms with E-state index >= 15 is 0 Å². The molecule has 8 nitrogen and oxygen atoms in total. The van der Waals surface area contributed by atoms with Gasteiger partial charge in [0.25, 0.3) is 0 Å². The molecule has 4 aromatic rings. The molecule has 5 rings (SSSR count). The van der Waals surface area contributed by atoms with Crippen LogP contribution in [0.2, 0.25) is 0 Å². The smallest absolute Gasteiger partial charge is 0.245 e. The van der Waals surface area contributed by atoms with Crippen molar-refractivity contribution in [3.8, 4) is 22.1 Å². The van der Waals surface area contributed by atoms with E-state index < -0.39 is 5.38 Å². The maximum Gasteiger partial charge on any atom is 0.245 e. The zero-order valence-corrected chi connectivity index (χ0v) is 22.1. The summed E-state index contributed by atoms with van der Waals surface area (Å²) in [7, 11) is 0. The molecule has 2 heterocycles. The molecule has 2 atom stereocenters. The number of hydrogen-bond acceptors (Lipinski definition) is 7. The van der Waals surface area contributed by atoms with Crippen LogP contribution in [-0.4, -0.2) is 40.2 Å². The molecular weight excluding hydrogens is 524 g/mol. The monoisotopic (exact) mass is 548 g/mol. The Labute approximate surface area is 229 Å². The molecule has 38 heavy (non-hydrogen) atoms. The molecule has 0 spiro atoms. The van der Waals surface area contributed by atoms with Crippen molar-refractivity contribution in [2.45, 2.75) is 24.8 Å². The molecule has 10 heteroatoms. The van der Waals surface area contributed by atoms with Gasteiger partial charge in [-0.05, 0) is 36.2 Å².